The summed E-state index contributed by atoms with van der Waals surface area (Å²) in [5.74, 6) is 0.994. The lowest BCUT2D eigenvalue weighted by molar-refractivity contribution is 0.0733. The Labute approximate surface area is 163 Å². The molecule has 28 heavy (non-hydrogen) atoms. The second-order valence-electron chi connectivity index (χ2n) is 7.08. The topological polar surface area (TPSA) is 71.5 Å². The molecule has 2 aliphatic heterocycles. The predicted octanol–water partition coefficient (Wildman–Crippen LogP) is 2.06. The van der Waals surface area contributed by atoms with Crippen molar-refractivity contribution in [1.82, 2.24) is 19.9 Å². The summed E-state index contributed by atoms with van der Waals surface area (Å²) < 4.78 is 5.45. The van der Waals surface area contributed by atoms with Crippen molar-refractivity contribution in [2.45, 2.75) is 13.0 Å². The van der Waals surface area contributed by atoms with Crippen molar-refractivity contribution in [3.05, 3.63) is 59.7 Å². The molecule has 142 valence electrons. The highest BCUT2D eigenvalue weighted by Gasteiger charge is 2.28. The number of carbonyl (C=O) groups is 1. The first-order valence-electron chi connectivity index (χ1n) is 9.60. The smallest absolute Gasteiger partial charge is 0.256 e. The van der Waals surface area contributed by atoms with Gasteiger partial charge in [-0.05, 0) is 18.6 Å². The molecule has 1 fully saturated rings. The minimum atomic E-state index is 0.00137. The molecule has 1 aromatic carbocycles. The fraction of sp³-hybridized carbons (Fsp3) is 0.333. The number of hydrogen-bond acceptors (Lipinski definition) is 6. The Hall–Kier alpha value is -3.06. The van der Waals surface area contributed by atoms with E-state index in [1.54, 1.807) is 12.5 Å². The summed E-state index contributed by atoms with van der Waals surface area (Å²) >= 11 is 0. The van der Waals surface area contributed by atoms with Gasteiger partial charge in [0, 0.05) is 36.8 Å². The number of carbonyl (C=O) groups excluding carboxylic acids is 1. The molecule has 3 aromatic rings. The maximum atomic E-state index is 13.2. The van der Waals surface area contributed by atoms with Gasteiger partial charge in [-0.25, -0.2) is 9.97 Å². The molecule has 0 N–H and O–H groups in total. The van der Waals surface area contributed by atoms with E-state index in [0.717, 1.165) is 60.7 Å². The zero-order chi connectivity index (χ0) is 18.9. The van der Waals surface area contributed by atoms with E-state index in [1.165, 1.54) is 0 Å². The molecular weight excluding hydrogens is 354 g/mol. The van der Waals surface area contributed by atoms with Gasteiger partial charge in [-0.2, -0.15) is 0 Å². The SMILES string of the molecule is O=C(c1cccc2cccnc12)N1CCc2c(ncnc2N2CCOCC2)C1. The van der Waals surface area contributed by atoms with Crippen molar-refractivity contribution in [1.29, 1.82) is 0 Å². The first-order chi connectivity index (χ1) is 13.8. The van der Waals surface area contributed by atoms with Gasteiger partial charge in [0.05, 0.1) is 36.5 Å². The van der Waals surface area contributed by atoms with Gasteiger partial charge in [-0.1, -0.05) is 18.2 Å². The summed E-state index contributed by atoms with van der Waals surface area (Å²) in [6.45, 7) is 4.27. The predicted molar refractivity (Wildman–Crippen MR) is 105 cm³/mol. The third kappa shape index (κ3) is 2.97. The number of benzene rings is 1. The number of morpholine rings is 1. The van der Waals surface area contributed by atoms with Crippen molar-refractivity contribution in [2.75, 3.05) is 37.7 Å². The molecule has 5 rings (SSSR count). The maximum absolute atomic E-state index is 13.2. The summed E-state index contributed by atoms with van der Waals surface area (Å²) in [5.41, 5.74) is 3.48. The summed E-state index contributed by atoms with van der Waals surface area (Å²) in [4.78, 5) is 30.8. The number of pyridine rings is 1. The first-order valence-corrected chi connectivity index (χ1v) is 9.60. The Kier molecular flexibility index (Phi) is 4.37. The fourth-order valence-corrected chi connectivity index (χ4v) is 4.01. The van der Waals surface area contributed by atoms with Crippen molar-refractivity contribution < 1.29 is 9.53 Å². The third-order valence-corrected chi connectivity index (χ3v) is 5.45. The number of fused-ring (bicyclic) bond motifs is 2. The van der Waals surface area contributed by atoms with Crippen LogP contribution in [0.5, 0.6) is 0 Å². The van der Waals surface area contributed by atoms with Crippen LogP contribution < -0.4 is 4.90 Å². The number of nitrogens with zero attached hydrogens (tertiary/aromatic N) is 5. The van der Waals surface area contributed by atoms with Crippen molar-refractivity contribution in [2.24, 2.45) is 0 Å². The first kappa shape index (κ1) is 17.1. The molecule has 4 heterocycles. The second-order valence-corrected chi connectivity index (χ2v) is 7.08. The van der Waals surface area contributed by atoms with Crippen LogP contribution in [0.4, 0.5) is 5.82 Å². The Morgan fingerprint density at radius 3 is 2.75 bits per heavy atom. The van der Waals surface area contributed by atoms with Gasteiger partial charge >= 0.3 is 0 Å². The fourth-order valence-electron chi connectivity index (χ4n) is 4.01. The van der Waals surface area contributed by atoms with E-state index in [2.05, 4.69) is 19.9 Å². The van der Waals surface area contributed by atoms with Gasteiger partial charge in [0.1, 0.15) is 12.1 Å². The highest BCUT2D eigenvalue weighted by Crippen LogP contribution is 2.27. The largest absolute Gasteiger partial charge is 0.378 e. The molecule has 2 aromatic heterocycles. The van der Waals surface area contributed by atoms with Crippen LogP contribution in [0.25, 0.3) is 10.9 Å². The molecule has 7 heteroatoms. The number of hydrogen-bond donors (Lipinski definition) is 0. The van der Waals surface area contributed by atoms with E-state index in [9.17, 15) is 4.79 Å². The number of amides is 1. The van der Waals surface area contributed by atoms with E-state index in [-0.39, 0.29) is 5.91 Å². The van der Waals surface area contributed by atoms with E-state index in [1.807, 2.05) is 35.2 Å². The third-order valence-electron chi connectivity index (χ3n) is 5.45. The molecule has 1 amide bonds. The van der Waals surface area contributed by atoms with Crippen LogP contribution in [0.1, 0.15) is 21.6 Å². The number of aromatic nitrogens is 3. The average molecular weight is 375 g/mol. The normalized spacial score (nSPS) is 16.9. The number of para-hydroxylation sites is 1. The molecule has 0 bridgehead atoms. The van der Waals surface area contributed by atoms with E-state index < -0.39 is 0 Å². The average Bonchev–Trinajstić information content (AvgIpc) is 2.78. The Morgan fingerprint density at radius 1 is 1.00 bits per heavy atom. The van der Waals surface area contributed by atoms with Gasteiger partial charge < -0.3 is 14.5 Å². The molecule has 0 saturated carbocycles. The lowest BCUT2D eigenvalue weighted by Crippen LogP contribution is -2.40. The van der Waals surface area contributed by atoms with Crippen molar-refractivity contribution in [3.63, 3.8) is 0 Å². The molecule has 0 spiro atoms. The summed E-state index contributed by atoms with van der Waals surface area (Å²) in [6.07, 6.45) is 4.09. The van der Waals surface area contributed by atoms with Crippen LogP contribution in [-0.2, 0) is 17.7 Å². The van der Waals surface area contributed by atoms with Crippen LogP contribution in [0, 0.1) is 0 Å². The Bertz CT molecular complexity index is 1030. The van der Waals surface area contributed by atoms with Crippen LogP contribution in [0.2, 0.25) is 0 Å². The maximum Gasteiger partial charge on any atom is 0.256 e. The van der Waals surface area contributed by atoms with Crippen molar-refractivity contribution >= 4 is 22.6 Å². The minimum Gasteiger partial charge on any atom is -0.378 e. The minimum absolute atomic E-state index is 0.00137. The van der Waals surface area contributed by atoms with Gasteiger partial charge in [-0.3, -0.25) is 9.78 Å². The van der Waals surface area contributed by atoms with Crippen LogP contribution in [-0.4, -0.2) is 58.6 Å². The molecule has 0 radical (unpaired) electrons. The highest BCUT2D eigenvalue weighted by molar-refractivity contribution is 6.05. The van der Waals surface area contributed by atoms with E-state index in [0.29, 0.717) is 18.7 Å². The standard InChI is InChI=1S/C21H21N5O2/c27-21(17-5-1-3-15-4-2-7-22-19(15)17)26-8-6-16-18(13-26)23-14-24-20(16)25-9-11-28-12-10-25/h1-5,7,14H,6,8-13H2. The molecule has 1 saturated heterocycles. The molecule has 0 aliphatic carbocycles. The van der Waals surface area contributed by atoms with E-state index in [4.69, 9.17) is 4.74 Å². The Morgan fingerprint density at radius 2 is 1.86 bits per heavy atom. The zero-order valence-electron chi connectivity index (χ0n) is 15.5. The van der Waals surface area contributed by atoms with Gasteiger partial charge in [0.2, 0.25) is 0 Å². The summed E-state index contributed by atoms with van der Waals surface area (Å²) in [6, 6.07) is 9.61. The molecular formula is C21H21N5O2. The van der Waals surface area contributed by atoms with Crippen molar-refractivity contribution in [3.8, 4) is 0 Å². The van der Waals surface area contributed by atoms with Gasteiger partial charge in [-0.15, -0.1) is 0 Å². The molecule has 0 unspecified atom stereocenters. The monoisotopic (exact) mass is 375 g/mol. The lowest BCUT2D eigenvalue weighted by Gasteiger charge is -2.33. The Balaban J connectivity index is 1.43. The lowest BCUT2D eigenvalue weighted by atomic mass is 10.0. The van der Waals surface area contributed by atoms with Crippen LogP contribution >= 0.6 is 0 Å². The highest BCUT2D eigenvalue weighted by atomic mass is 16.5. The zero-order valence-corrected chi connectivity index (χ0v) is 15.5. The van der Waals surface area contributed by atoms with Crippen LogP contribution in [0.15, 0.2) is 42.9 Å². The quantitative estimate of drug-likeness (QED) is 0.683. The number of rotatable bonds is 2. The molecule has 2 aliphatic rings. The number of ether oxygens (including phenoxy) is 1. The van der Waals surface area contributed by atoms with Crippen LogP contribution in [0.3, 0.4) is 0 Å². The van der Waals surface area contributed by atoms with Gasteiger partial charge in [0.15, 0.2) is 0 Å². The number of anilines is 1. The second kappa shape index (κ2) is 7.16. The summed E-state index contributed by atoms with van der Waals surface area (Å²) in [7, 11) is 0. The summed E-state index contributed by atoms with van der Waals surface area (Å²) in [5, 5.41) is 0.975. The molecule has 0 atom stereocenters. The molecule has 7 nitrogen and oxygen atoms in total. The van der Waals surface area contributed by atoms with Gasteiger partial charge in [0.25, 0.3) is 5.91 Å². The van der Waals surface area contributed by atoms with E-state index >= 15 is 0 Å².